The SMILES string of the molecule is CC(C)C(=O)C(C)C.CCCCCC(=O)CC. The molecule has 0 aliphatic carbocycles. The van der Waals surface area contributed by atoms with Gasteiger partial charge in [0.15, 0.2) is 0 Å². The zero-order valence-electron chi connectivity index (χ0n) is 12.5. The minimum atomic E-state index is 0.204. The van der Waals surface area contributed by atoms with E-state index in [-0.39, 0.29) is 11.8 Å². The van der Waals surface area contributed by atoms with Gasteiger partial charge in [-0.3, -0.25) is 9.59 Å². The van der Waals surface area contributed by atoms with E-state index in [4.69, 9.17) is 0 Å². The maximum Gasteiger partial charge on any atom is 0.137 e. The largest absolute Gasteiger partial charge is 0.300 e. The van der Waals surface area contributed by atoms with Crippen molar-refractivity contribution in [2.24, 2.45) is 11.8 Å². The molecule has 0 saturated heterocycles. The van der Waals surface area contributed by atoms with Crippen molar-refractivity contribution < 1.29 is 9.59 Å². The molecule has 0 unspecified atom stereocenters. The first-order valence-electron chi connectivity index (χ1n) is 6.92. The van der Waals surface area contributed by atoms with Gasteiger partial charge >= 0.3 is 0 Å². The van der Waals surface area contributed by atoms with Gasteiger partial charge in [0, 0.05) is 24.7 Å². The number of rotatable bonds is 7. The van der Waals surface area contributed by atoms with E-state index in [1.165, 1.54) is 12.8 Å². The third-order valence-corrected chi connectivity index (χ3v) is 2.59. The van der Waals surface area contributed by atoms with Crippen LogP contribution in [-0.4, -0.2) is 11.6 Å². The number of hydrogen-bond acceptors (Lipinski definition) is 2. The van der Waals surface area contributed by atoms with Crippen molar-refractivity contribution in [1.29, 1.82) is 0 Å². The summed E-state index contributed by atoms with van der Waals surface area (Å²) in [6.45, 7) is 11.8. The van der Waals surface area contributed by atoms with E-state index in [0.717, 1.165) is 12.8 Å². The molecule has 0 aliphatic rings. The van der Waals surface area contributed by atoms with Crippen LogP contribution in [0.4, 0.5) is 0 Å². The molecule has 0 bridgehead atoms. The smallest absolute Gasteiger partial charge is 0.137 e. The van der Waals surface area contributed by atoms with E-state index in [0.29, 0.717) is 18.0 Å². The molecule has 0 radical (unpaired) electrons. The Labute approximate surface area is 107 Å². The van der Waals surface area contributed by atoms with Crippen molar-refractivity contribution in [2.75, 3.05) is 0 Å². The van der Waals surface area contributed by atoms with Crippen LogP contribution in [0.5, 0.6) is 0 Å². The summed E-state index contributed by atoms with van der Waals surface area (Å²) in [4.78, 5) is 21.5. The maximum atomic E-state index is 10.8. The van der Waals surface area contributed by atoms with Crippen LogP contribution in [0.2, 0.25) is 0 Å². The quantitative estimate of drug-likeness (QED) is 0.619. The fourth-order valence-corrected chi connectivity index (χ4v) is 1.42. The second kappa shape index (κ2) is 11.8. The lowest BCUT2D eigenvalue weighted by Gasteiger charge is -2.05. The molecular weight excluding hydrogens is 212 g/mol. The molecule has 0 atom stereocenters. The standard InChI is InChI=1S/C8H16O.C7H14O/c1-3-5-6-7-8(9)4-2;1-5(2)7(8)6(3)4/h3-7H2,1-2H3;5-6H,1-4H3. The molecule has 0 spiro atoms. The highest BCUT2D eigenvalue weighted by Crippen LogP contribution is 2.03. The monoisotopic (exact) mass is 242 g/mol. The zero-order chi connectivity index (χ0) is 13.8. The number of carbonyl (C=O) groups excluding carboxylic acids is 2. The van der Waals surface area contributed by atoms with Gasteiger partial charge < -0.3 is 0 Å². The Bertz CT molecular complexity index is 195. The zero-order valence-corrected chi connectivity index (χ0v) is 12.5. The van der Waals surface area contributed by atoms with Gasteiger partial charge in [0.1, 0.15) is 11.6 Å². The Hall–Kier alpha value is -0.660. The van der Waals surface area contributed by atoms with Gasteiger partial charge in [-0.2, -0.15) is 0 Å². The Morgan fingerprint density at radius 2 is 1.35 bits per heavy atom. The van der Waals surface area contributed by atoms with Crippen LogP contribution in [-0.2, 0) is 9.59 Å². The van der Waals surface area contributed by atoms with Crippen molar-refractivity contribution in [3.8, 4) is 0 Å². The highest BCUT2D eigenvalue weighted by Gasteiger charge is 2.09. The average molecular weight is 242 g/mol. The van der Waals surface area contributed by atoms with E-state index in [2.05, 4.69) is 6.92 Å². The van der Waals surface area contributed by atoms with Crippen LogP contribution in [0.3, 0.4) is 0 Å². The van der Waals surface area contributed by atoms with Crippen LogP contribution in [0, 0.1) is 11.8 Å². The summed E-state index contributed by atoms with van der Waals surface area (Å²) < 4.78 is 0. The lowest BCUT2D eigenvalue weighted by Crippen LogP contribution is -2.13. The number of Topliss-reactive ketones (excluding diaryl/α,β-unsaturated/α-hetero) is 2. The van der Waals surface area contributed by atoms with E-state index < -0.39 is 0 Å². The summed E-state index contributed by atoms with van der Waals surface area (Å²) in [5.41, 5.74) is 0. The van der Waals surface area contributed by atoms with Crippen LogP contribution < -0.4 is 0 Å². The molecule has 0 aromatic rings. The lowest BCUT2D eigenvalue weighted by atomic mass is 9.99. The molecule has 0 rings (SSSR count). The molecule has 0 aromatic carbocycles. The van der Waals surface area contributed by atoms with Crippen LogP contribution in [0.1, 0.15) is 73.6 Å². The first-order valence-corrected chi connectivity index (χ1v) is 6.92. The summed E-state index contributed by atoms with van der Waals surface area (Å²) in [6.07, 6.45) is 5.00. The number of carbonyl (C=O) groups is 2. The number of ketones is 2. The molecule has 0 saturated carbocycles. The van der Waals surface area contributed by atoms with Crippen LogP contribution >= 0.6 is 0 Å². The van der Waals surface area contributed by atoms with Gasteiger partial charge in [0.05, 0.1) is 0 Å². The van der Waals surface area contributed by atoms with Crippen molar-refractivity contribution in [1.82, 2.24) is 0 Å². The molecule has 17 heavy (non-hydrogen) atoms. The van der Waals surface area contributed by atoms with Gasteiger partial charge in [0.25, 0.3) is 0 Å². The van der Waals surface area contributed by atoms with Gasteiger partial charge in [0.2, 0.25) is 0 Å². The van der Waals surface area contributed by atoms with E-state index in [1.54, 1.807) is 0 Å². The second-order valence-electron chi connectivity index (χ2n) is 5.06. The Balaban J connectivity index is 0. The Morgan fingerprint density at radius 1 is 0.882 bits per heavy atom. The molecule has 102 valence electrons. The molecule has 0 fully saturated rings. The van der Waals surface area contributed by atoms with Crippen LogP contribution in [0.25, 0.3) is 0 Å². The average Bonchev–Trinajstić information content (AvgIpc) is 2.28. The minimum Gasteiger partial charge on any atom is -0.300 e. The lowest BCUT2D eigenvalue weighted by molar-refractivity contribution is -0.124. The first-order chi connectivity index (χ1) is 7.86. The van der Waals surface area contributed by atoms with Gasteiger partial charge in [-0.15, -0.1) is 0 Å². The van der Waals surface area contributed by atoms with E-state index in [9.17, 15) is 9.59 Å². The van der Waals surface area contributed by atoms with Crippen molar-refractivity contribution >= 4 is 11.6 Å². The molecular formula is C15H30O2. The van der Waals surface area contributed by atoms with Gasteiger partial charge in [-0.1, -0.05) is 54.4 Å². The summed E-state index contributed by atoms with van der Waals surface area (Å²) in [6, 6.07) is 0. The third kappa shape index (κ3) is 13.3. The molecule has 0 amide bonds. The number of unbranched alkanes of at least 4 members (excludes halogenated alkanes) is 2. The fraction of sp³-hybridized carbons (Fsp3) is 0.867. The summed E-state index contributed by atoms with van der Waals surface area (Å²) in [5, 5.41) is 0. The molecule has 0 heterocycles. The normalized spacial score (nSPS) is 10.1. The predicted octanol–water partition coefficient (Wildman–Crippen LogP) is 4.41. The predicted molar refractivity (Wildman–Crippen MR) is 74.1 cm³/mol. The Kier molecular flexibility index (Phi) is 13.0. The molecule has 0 N–H and O–H groups in total. The van der Waals surface area contributed by atoms with E-state index in [1.807, 2.05) is 34.6 Å². The van der Waals surface area contributed by atoms with Crippen molar-refractivity contribution in [3.05, 3.63) is 0 Å². The van der Waals surface area contributed by atoms with Crippen LogP contribution in [0.15, 0.2) is 0 Å². The number of hydrogen-bond donors (Lipinski definition) is 0. The molecule has 2 nitrogen and oxygen atoms in total. The Morgan fingerprint density at radius 3 is 1.59 bits per heavy atom. The summed E-state index contributed by atoms with van der Waals surface area (Å²) >= 11 is 0. The highest BCUT2D eigenvalue weighted by atomic mass is 16.1. The van der Waals surface area contributed by atoms with E-state index >= 15 is 0 Å². The second-order valence-corrected chi connectivity index (χ2v) is 5.06. The van der Waals surface area contributed by atoms with Gasteiger partial charge in [-0.05, 0) is 6.42 Å². The summed E-state index contributed by atoms with van der Waals surface area (Å²) in [5.74, 6) is 1.17. The third-order valence-electron chi connectivity index (χ3n) is 2.59. The van der Waals surface area contributed by atoms with Crippen molar-refractivity contribution in [2.45, 2.75) is 73.6 Å². The highest BCUT2D eigenvalue weighted by molar-refractivity contribution is 5.82. The van der Waals surface area contributed by atoms with Crippen molar-refractivity contribution in [3.63, 3.8) is 0 Å². The minimum absolute atomic E-state index is 0.204. The molecule has 0 aliphatic heterocycles. The maximum absolute atomic E-state index is 10.8. The first kappa shape index (κ1) is 18.7. The summed E-state index contributed by atoms with van der Waals surface area (Å²) in [7, 11) is 0. The van der Waals surface area contributed by atoms with Gasteiger partial charge in [-0.25, -0.2) is 0 Å². The fourth-order valence-electron chi connectivity index (χ4n) is 1.42. The molecule has 0 aromatic heterocycles. The molecule has 2 heteroatoms. The topological polar surface area (TPSA) is 34.1 Å².